The normalized spacial score (nSPS) is 18.0. The molecule has 1 aromatic carbocycles. The number of hydrogen-bond acceptors (Lipinski definition) is 3. The van der Waals surface area contributed by atoms with Gasteiger partial charge in [0, 0.05) is 5.92 Å². The average molecular weight is 216 g/mol. The molecule has 0 spiro atoms. The molecule has 0 aromatic heterocycles. The quantitative estimate of drug-likeness (QED) is 0.728. The smallest absolute Gasteiger partial charge is 0.231 e. The van der Waals surface area contributed by atoms with Crippen LogP contribution >= 0.6 is 0 Å². The van der Waals surface area contributed by atoms with Gasteiger partial charge in [-0.15, -0.1) is 0 Å². The van der Waals surface area contributed by atoms with Gasteiger partial charge in [-0.05, 0) is 36.6 Å². The van der Waals surface area contributed by atoms with Crippen molar-refractivity contribution in [1.82, 2.24) is 0 Å². The van der Waals surface area contributed by atoms with Gasteiger partial charge in [0.05, 0.1) is 0 Å². The summed E-state index contributed by atoms with van der Waals surface area (Å²) >= 11 is 0. The Morgan fingerprint density at radius 3 is 2.88 bits per heavy atom. The summed E-state index contributed by atoms with van der Waals surface area (Å²) in [5.74, 6) is 2.04. The fraction of sp³-hybridized carbons (Fsp3) is 0.308. The monoisotopic (exact) mass is 216 g/mol. The number of ketones is 1. The lowest BCUT2D eigenvalue weighted by Gasteiger charge is -1.97. The van der Waals surface area contributed by atoms with E-state index in [1.165, 1.54) is 0 Å². The van der Waals surface area contributed by atoms with Crippen LogP contribution in [-0.2, 0) is 4.79 Å². The zero-order valence-electron chi connectivity index (χ0n) is 8.81. The van der Waals surface area contributed by atoms with Crippen molar-refractivity contribution in [3.8, 4) is 11.5 Å². The van der Waals surface area contributed by atoms with Gasteiger partial charge in [-0.3, -0.25) is 4.79 Å². The molecule has 82 valence electrons. The van der Waals surface area contributed by atoms with Crippen molar-refractivity contribution in [2.75, 3.05) is 6.79 Å². The van der Waals surface area contributed by atoms with Crippen LogP contribution in [0.5, 0.6) is 11.5 Å². The summed E-state index contributed by atoms with van der Waals surface area (Å²) in [6.45, 7) is 0.281. The van der Waals surface area contributed by atoms with E-state index in [4.69, 9.17) is 9.47 Å². The molecule has 1 saturated carbocycles. The van der Waals surface area contributed by atoms with E-state index in [0.29, 0.717) is 0 Å². The molecule has 2 aliphatic rings. The second-order valence-corrected chi connectivity index (χ2v) is 4.12. The lowest BCUT2D eigenvalue weighted by molar-refractivity contribution is -0.115. The molecule has 1 aromatic rings. The van der Waals surface area contributed by atoms with E-state index in [2.05, 4.69) is 0 Å². The lowest BCUT2D eigenvalue weighted by atomic mass is 10.1. The first-order chi connectivity index (χ1) is 7.83. The molecular weight excluding hydrogens is 204 g/mol. The molecule has 3 rings (SSSR count). The van der Waals surface area contributed by atoms with Crippen LogP contribution in [0.15, 0.2) is 24.3 Å². The molecule has 3 nitrogen and oxygen atoms in total. The molecular formula is C13H12O3. The molecule has 1 aliphatic carbocycles. The molecule has 0 radical (unpaired) electrons. The number of benzene rings is 1. The molecule has 16 heavy (non-hydrogen) atoms. The number of allylic oxidation sites excluding steroid dienone is 1. The largest absolute Gasteiger partial charge is 0.454 e. The maximum atomic E-state index is 11.5. The number of ether oxygens (including phenoxy) is 2. The highest BCUT2D eigenvalue weighted by molar-refractivity contribution is 5.96. The fourth-order valence-electron chi connectivity index (χ4n) is 1.70. The molecule has 1 heterocycles. The van der Waals surface area contributed by atoms with Crippen molar-refractivity contribution in [2.45, 2.75) is 12.8 Å². The van der Waals surface area contributed by atoms with Crippen LogP contribution in [0, 0.1) is 5.92 Å². The van der Waals surface area contributed by atoms with Gasteiger partial charge in [0.2, 0.25) is 6.79 Å². The van der Waals surface area contributed by atoms with E-state index in [1.807, 2.05) is 24.3 Å². The Morgan fingerprint density at radius 1 is 1.25 bits per heavy atom. The van der Waals surface area contributed by atoms with Gasteiger partial charge >= 0.3 is 0 Å². The van der Waals surface area contributed by atoms with Crippen LogP contribution in [-0.4, -0.2) is 12.6 Å². The molecule has 0 N–H and O–H groups in total. The summed E-state index contributed by atoms with van der Waals surface area (Å²) < 4.78 is 10.5. The standard InChI is InChI=1S/C13H12O3/c14-11(10-3-4-10)5-1-9-2-6-12-13(7-9)16-8-15-12/h1-2,5-7,10H,3-4,8H2/b5-1+. The zero-order valence-corrected chi connectivity index (χ0v) is 8.81. The minimum Gasteiger partial charge on any atom is -0.454 e. The van der Waals surface area contributed by atoms with E-state index in [1.54, 1.807) is 6.08 Å². The van der Waals surface area contributed by atoms with Crippen molar-refractivity contribution < 1.29 is 14.3 Å². The third-order valence-electron chi connectivity index (χ3n) is 2.82. The van der Waals surface area contributed by atoms with Crippen molar-refractivity contribution in [1.29, 1.82) is 0 Å². The Bertz CT molecular complexity index is 458. The maximum Gasteiger partial charge on any atom is 0.231 e. The van der Waals surface area contributed by atoms with Crippen LogP contribution in [0.4, 0.5) is 0 Å². The summed E-state index contributed by atoms with van der Waals surface area (Å²) in [4.78, 5) is 11.5. The number of carbonyl (C=O) groups is 1. The zero-order chi connectivity index (χ0) is 11.0. The summed E-state index contributed by atoms with van der Waals surface area (Å²) in [5, 5.41) is 0. The van der Waals surface area contributed by atoms with Crippen LogP contribution in [0.3, 0.4) is 0 Å². The third-order valence-corrected chi connectivity index (χ3v) is 2.82. The highest BCUT2D eigenvalue weighted by atomic mass is 16.7. The van der Waals surface area contributed by atoms with E-state index >= 15 is 0 Å². The highest BCUT2D eigenvalue weighted by Gasteiger charge is 2.27. The van der Waals surface area contributed by atoms with E-state index < -0.39 is 0 Å². The van der Waals surface area contributed by atoms with Crippen LogP contribution in [0.25, 0.3) is 6.08 Å². The summed E-state index contributed by atoms with van der Waals surface area (Å²) in [7, 11) is 0. The van der Waals surface area contributed by atoms with E-state index in [9.17, 15) is 4.79 Å². The lowest BCUT2D eigenvalue weighted by Crippen LogP contribution is -1.93. The number of hydrogen-bond donors (Lipinski definition) is 0. The maximum absolute atomic E-state index is 11.5. The minimum atomic E-state index is 0.234. The SMILES string of the molecule is O=C(/C=C/c1ccc2c(c1)OCO2)C1CC1. The molecule has 0 atom stereocenters. The molecule has 0 unspecified atom stereocenters. The van der Waals surface area contributed by atoms with Crippen molar-refractivity contribution in [3.05, 3.63) is 29.8 Å². The molecule has 3 heteroatoms. The first kappa shape index (κ1) is 9.46. The van der Waals surface area contributed by atoms with Gasteiger partial charge in [0.15, 0.2) is 17.3 Å². The minimum absolute atomic E-state index is 0.234. The summed E-state index contributed by atoms with van der Waals surface area (Å²) in [6, 6.07) is 5.67. The van der Waals surface area contributed by atoms with Gasteiger partial charge in [-0.1, -0.05) is 12.1 Å². The number of rotatable bonds is 3. The van der Waals surface area contributed by atoms with Gasteiger partial charge in [-0.2, -0.15) is 0 Å². The highest BCUT2D eigenvalue weighted by Crippen LogP contribution is 2.33. The molecule has 0 bridgehead atoms. The summed E-state index contributed by atoms with van der Waals surface area (Å²) in [6.07, 6.45) is 5.59. The van der Waals surface area contributed by atoms with Gasteiger partial charge in [-0.25, -0.2) is 0 Å². The molecule has 1 aliphatic heterocycles. The Hall–Kier alpha value is -1.77. The van der Waals surface area contributed by atoms with Gasteiger partial charge in [0.1, 0.15) is 0 Å². The molecule has 1 fully saturated rings. The van der Waals surface area contributed by atoms with Crippen LogP contribution < -0.4 is 9.47 Å². The second-order valence-electron chi connectivity index (χ2n) is 4.12. The van der Waals surface area contributed by atoms with Crippen molar-refractivity contribution in [2.24, 2.45) is 5.92 Å². The average Bonchev–Trinajstić information content (AvgIpc) is 3.04. The first-order valence-electron chi connectivity index (χ1n) is 5.44. The van der Waals surface area contributed by atoms with E-state index in [-0.39, 0.29) is 18.5 Å². The number of carbonyl (C=O) groups excluding carboxylic acids is 1. The van der Waals surface area contributed by atoms with Crippen LogP contribution in [0.1, 0.15) is 18.4 Å². The van der Waals surface area contributed by atoms with E-state index in [0.717, 1.165) is 29.9 Å². The molecule has 0 amide bonds. The Labute approximate surface area is 93.7 Å². The van der Waals surface area contributed by atoms with Crippen LogP contribution in [0.2, 0.25) is 0 Å². The fourth-order valence-corrected chi connectivity index (χ4v) is 1.70. The third kappa shape index (κ3) is 1.81. The second kappa shape index (κ2) is 3.67. The van der Waals surface area contributed by atoms with Gasteiger partial charge < -0.3 is 9.47 Å². The predicted molar refractivity (Wildman–Crippen MR) is 59.3 cm³/mol. The predicted octanol–water partition coefficient (Wildman–Crippen LogP) is 2.41. The Balaban J connectivity index is 1.76. The number of fused-ring (bicyclic) bond motifs is 1. The summed E-state index contributed by atoms with van der Waals surface area (Å²) in [5.41, 5.74) is 0.971. The first-order valence-corrected chi connectivity index (χ1v) is 5.44. The van der Waals surface area contributed by atoms with Crippen molar-refractivity contribution >= 4 is 11.9 Å². The Morgan fingerprint density at radius 2 is 2.06 bits per heavy atom. The Kier molecular flexibility index (Phi) is 2.17. The van der Waals surface area contributed by atoms with Gasteiger partial charge in [0.25, 0.3) is 0 Å². The topological polar surface area (TPSA) is 35.5 Å². The molecule has 0 saturated heterocycles. The van der Waals surface area contributed by atoms with Crippen molar-refractivity contribution in [3.63, 3.8) is 0 Å².